The zero-order chi connectivity index (χ0) is 12.0. The van der Waals surface area contributed by atoms with Crippen LogP contribution in [0, 0.1) is 0 Å². The Morgan fingerprint density at radius 1 is 1.50 bits per heavy atom. The third-order valence-corrected chi connectivity index (χ3v) is 3.38. The van der Waals surface area contributed by atoms with Crippen LogP contribution in [0.15, 0.2) is 28.7 Å². The smallest absolute Gasteiger partial charge is 0.0712 e. The number of aliphatic hydroxyl groups is 1. The van der Waals surface area contributed by atoms with Gasteiger partial charge in [-0.05, 0) is 24.2 Å². The minimum Gasteiger partial charge on any atom is -0.395 e. The van der Waals surface area contributed by atoms with E-state index in [-0.39, 0.29) is 12.0 Å². The van der Waals surface area contributed by atoms with Crippen LogP contribution in [0.3, 0.4) is 0 Å². The number of likely N-dealkylation sites (N-methyl/N-ethyl adjacent to an activating group) is 1. The molecule has 1 aromatic carbocycles. The van der Waals surface area contributed by atoms with Crippen molar-refractivity contribution in [3.63, 3.8) is 0 Å². The molecule has 0 aromatic heterocycles. The molecule has 1 N–H and O–H groups in total. The highest BCUT2D eigenvalue weighted by molar-refractivity contribution is 9.10. The second-order valence-electron chi connectivity index (χ2n) is 3.64. The Balaban J connectivity index is 2.60. The van der Waals surface area contributed by atoms with E-state index in [4.69, 9.17) is 16.7 Å². The summed E-state index contributed by atoms with van der Waals surface area (Å²) in [5.41, 5.74) is 1.10. The fraction of sp³-hybridized carbons (Fsp3) is 0.500. The standard InChI is InChI=1S/C12H17BrClNO/c1-2-15(6-7-16)9-12(14)10-4-3-5-11(13)8-10/h3-5,8,12,16H,2,6-7,9H2,1H3. The molecule has 4 heteroatoms. The summed E-state index contributed by atoms with van der Waals surface area (Å²) < 4.78 is 1.04. The normalized spacial score (nSPS) is 13.1. The second kappa shape index (κ2) is 7.28. The molecule has 0 aliphatic carbocycles. The summed E-state index contributed by atoms with van der Waals surface area (Å²) in [4.78, 5) is 2.14. The van der Waals surface area contributed by atoms with Crippen LogP contribution >= 0.6 is 27.5 Å². The summed E-state index contributed by atoms with van der Waals surface area (Å²) in [5.74, 6) is 0. The first kappa shape index (κ1) is 14.0. The summed E-state index contributed by atoms with van der Waals surface area (Å²) in [6.07, 6.45) is 0. The van der Waals surface area contributed by atoms with Gasteiger partial charge in [0.1, 0.15) is 0 Å². The van der Waals surface area contributed by atoms with E-state index in [1.165, 1.54) is 0 Å². The van der Waals surface area contributed by atoms with Gasteiger partial charge in [-0.1, -0.05) is 35.0 Å². The third kappa shape index (κ3) is 4.42. The maximum absolute atomic E-state index is 8.90. The van der Waals surface area contributed by atoms with E-state index in [0.717, 1.165) is 23.1 Å². The molecule has 1 unspecified atom stereocenters. The maximum atomic E-state index is 8.90. The predicted molar refractivity (Wildman–Crippen MR) is 71.9 cm³/mol. The van der Waals surface area contributed by atoms with E-state index in [2.05, 4.69) is 27.8 Å². The molecule has 90 valence electrons. The Hall–Kier alpha value is -0.0900. The molecular weight excluding hydrogens is 289 g/mol. The first-order valence-electron chi connectivity index (χ1n) is 5.40. The van der Waals surface area contributed by atoms with Gasteiger partial charge in [0.15, 0.2) is 0 Å². The topological polar surface area (TPSA) is 23.5 Å². The van der Waals surface area contributed by atoms with Crippen molar-refractivity contribution in [2.45, 2.75) is 12.3 Å². The number of nitrogens with zero attached hydrogens (tertiary/aromatic N) is 1. The molecule has 0 bridgehead atoms. The summed E-state index contributed by atoms with van der Waals surface area (Å²) in [6.45, 7) is 4.58. The molecule has 0 spiro atoms. The summed E-state index contributed by atoms with van der Waals surface area (Å²) in [7, 11) is 0. The monoisotopic (exact) mass is 305 g/mol. The van der Waals surface area contributed by atoms with Gasteiger partial charge in [-0.15, -0.1) is 11.6 Å². The van der Waals surface area contributed by atoms with E-state index < -0.39 is 0 Å². The van der Waals surface area contributed by atoms with Gasteiger partial charge in [-0.2, -0.15) is 0 Å². The number of rotatable bonds is 6. The van der Waals surface area contributed by atoms with Crippen LogP contribution in [0.25, 0.3) is 0 Å². The molecule has 1 aromatic rings. The lowest BCUT2D eigenvalue weighted by Gasteiger charge is -2.22. The second-order valence-corrected chi connectivity index (χ2v) is 5.08. The molecule has 1 rings (SSSR count). The van der Waals surface area contributed by atoms with Crippen molar-refractivity contribution >= 4 is 27.5 Å². The fourth-order valence-electron chi connectivity index (χ4n) is 1.55. The molecule has 0 aliphatic heterocycles. The Bertz CT molecular complexity index is 322. The minimum absolute atomic E-state index is 0.0380. The molecule has 0 fully saturated rings. The van der Waals surface area contributed by atoms with Crippen molar-refractivity contribution in [2.75, 3.05) is 26.2 Å². The molecule has 0 amide bonds. The average molecular weight is 307 g/mol. The van der Waals surface area contributed by atoms with Crippen molar-refractivity contribution in [3.8, 4) is 0 Å². The first-order valence-corrected chi connectivity index (χ1v) is 6.63. The van der Waals surface area contributed by atoms with Gasteiger partial charge in [0.2, 0.25) is 0 Å². The van der Waals surface area contributed by atoms with E-state index in [0.29, 0.717) is 6.54 Å². The number of alkyl halides is 1. The quantitative estimate of drug-likeness (QED) is 0.817. The molecule has 1 atom stereocenters. The third-order valence-electron chi connectivity index (χ3n) is 2.49. The summed E-state index contributed by atoms with van der Waals surface area (Å²) in [6, 6.07) is 8.02. The Morgan fingerprint density at radius 2 is 2.25 bits per heavy atom. The molecule has 0 saturated carbocycles. The van der Waals surface area contributed by atoms with Gasteiger partial charge in [-0.3, -0.25) is 4.90 Å². The molecule has 16 heavy (non-hydrogen) atoms. The molecule has 0 saturated heterocycles. The van der Waals surface area contributed by atoms with Crippen LogP contribution in [0.1, 0.15) is 17.9 Å². The van der Waals surface area contributed by atoms with Crippen LogP contribution in [-0.2, 0) is 0 Å². The Kier molecular flexibility index (Phi) is 6.36. The average Bonchev–Trinajstić information content (AvgIpc) is 2.28. The van der Waals surface area contributed by atoms with E-state index in [9.17, 15) is 0 Å². The lowest BCUT2D eigenvalue weighted by molar-refractivity contribution is 0.202. The minimum atomic E-state index is -0.0380. The lowest BCUT2D eigenvalue weighted by Crippen LogP contribution is -2.29. The number of hydrogen-bond donors (Lipinski definition) is 1. The van der Waals surface area contributed by atoms with E-state index in [1.54, 1.807) is 0 Å². The van der Waals surface area contributed by atoms with Crippen LogP contribution < -0.4 is 0 Å². The van der Waals surface area contributed by atoms with Gasteiger partial charge in [0, 0.05) is 17.6 Å². The lowest BCUT2D eigenvalue weighted by atomic mass is 10.1. The highest BCUT2D eigenvalue weighted by atomic mass is 79.9. The van der Waals surface area contributed by atoms with Gasteiger partial charge in [0.05, 0.1) is 12.0 Å². The van der Waals surface area contributed by atoms with Crippen LogP contribution in [0.5, 0.6) is 0 Å². The highest BCUT2D eigenvalue weighted by Gasteiger charge is 2.12. The van der Waals surface area contributed by atoms with Crippen molar-refractivity contribution in [1.29, 1.82) is 0 Å². The summed E-state index contributed by atoms with van der Waals surface area (Å²) in [5, 5.41) is 8.87. The molecule has 0 heterocycles. The molecular formula is C12H17BrClNO. The first-order chi connectivity index (χ1) is 7.67. The number of halogens is 2. The maximum Gasteiger partial charge on any atom is 0.0712 e. The Labute approximate surface area is 110 Å². The van der Waals surface area contributed by atoms with E-state index in [1.807, 2.05) is 24.3 Å². The van der Waals surface area contributed by atoms with Gasteiger partial charge in [0.25, 0.3) is 0 Å². The molecule has 2 nitrogen and oxygen atoms in total. The largest absolute Gasteiger partial charge is 0.395 e. The van der Waals surface area contributed by atoms with Crippen molar-refractivity contribution in [3.05, 3.63) is 34.3 Å². The predicted octanol–water partition coefficient (Wildman–Crippen LogP) is 3.04. The van der Waals surface area contributed by atoms with Crippen molar-refractivity contribution in [2.24, 2.45) is 0 Å². The highest BCUT2D eigenvalue weighted by Crippen LogP contribution is 2.24. The molecule has 0 aliphatic rings. The fourth-order valence-corrected chi connectivity index (χ4v) is 2.30. The van der Waals surface area contributed by atoms with Gasteiger partial charge in [-0.25, -0.2) is 0 Å². The van der Waals surface area contributed by atoms with Gasteiger partial charge >= 0.3 is 0 Å². The van der Waals surface area contributed by atoms with Crippen LogP contribution in [0.2, 0.25) is 0 Å². The number of benzene rings is 1. The zero-order valence-electron chi connectivity index (χ0n) is 9.37. The SMILES string of the molecule is CCN(CCO)CC(Cl)c1cccc(Br)c1. The van der Waals surface area contributed by atoms with E-state index >= 15 is 0 Å². The van der Waals surface area contributed by atoms with Crippen molar-refractivity contribution < 1.29 is 5.11 Å². The number of hydrogen-bond acceptors (Lipinski definition) is 2. The Morgan fingerprint density at radius 3 is 2.81 bits per heavy atom. The van der Waals surface area contributed by atoms with Gasteiger partial charge < -0.3 is 5.11 Å². The molecule has 0 radical (unpaired) electrons. The van der Waals surface area contributed by atoms with Crippen LogP contribution in [-0.4, -0.2) is 36.2 Å². The number of aliphatic hydroxyl groups excluding tert-OH is 1. The summed E-state index contributed by atoms with van der Waals surface area (Å²) >= 11 is 9.78. The van der Waals surface area contributed by atoms with Crippen LogP contribution in [0.4, 0.5) is 0 Å². The zero-order valence-corrected chi connectivity index (χ0v) is 11.7. The van der Waals surface area contributed by atoms with Crippen molar-refractivity contribution in [1.82, 2.24) is 4.90 Å².